The Morgan fingerprint density at radius 1 is 1.26 bits per heavy atom. The van der Waals surface area contributed by atoms with Gasteiger partial charge in [0, 0.05) is 24.5 Å². The van der Waals surface area contributed by atoms with Crippen LogP contribution in [0.1, 0.15) is 49.4 Å². The van der Waals surface area contributed by atoms with Crippen molar-refractivity contribution >= 4 is 5.69 Å². The Hall–Kier alpha value is -1.09. The highest BCUT2D eigenvalue weighted by molar-refractivity contribution is 5.53. The lowest BCUT2D eigenvalue weighted by Crippen LogP contribution is -2.34. The highest BCUT2D eigenvalue weighted by Gasteiger charge is 2.22. The maximum Gasteiger partial charge on any atom is 0.0593 e. The molecular weight excluding hydrogens is 234 g/mol. The van der Waals surface area contributed by atoms with E-state index in [1.807, 2.05) is 13.1 Å². The normalized spacial score (nSPS) is 23.8. The van der Waals surface area contributed by atoms with E-state index in [9.17, 15) is 0 Å². The Morgan fingerprint density at radius 3 is 2.53 bits per heavy atom. The van der Waals surface area contributed by atoms with Crippen LogP contribution in [0.4, 0.5) is 5.69 Å². The molecule has 0 amide bonds. The minimum absolute atomic E-state index is 0.708. The van der Waals surface area contributed by atoms with Crippen molar-refractivity contribution < 1.29 is 0 Å². The number of aromatic nitrogens is 1. The van der Waals surface area contributed by atoms with Crippen LogP contribution in [0.15, 0.2) is 6.20 Å². The monoisotopic (exact) mass is 261 g/mol. The number of pyridine rings is 1. The van der Waals surface area contributed by atoms with Gasteiger partial charge in [0.25, 0.3) is 0 Å². The molecule has 0 atom stereocenters. The molecular formula is C16H27N3. The average molecular weight is 261 g/mol. The molecule has 1 heterocycles. The summed E-state index contributed by atoms with van der Waals surface area (Å²) in [6.45, 7) is 7.38. The maximum absolute atomic E-state index is 6.10. The van der Waals surface area contributed by atoms with Crippen molar-refractivity contribution in [3.63, 3.8) is 0 Å². The van der Waals surface area contributed by atoms with Crippen molar-refractivity contribution in [3.8, 4) is 0 Å². The number of hydrogen-bond acceptors (Lipinski definition) is 3. The summed E-state index contributed by atoms with van der Waals surface area (Å²) in [5, 5.41) is 0. The summed E-state index contributed by atoms with van der Waals surface area (Å²) < 4.78 is 0. The van der Waals surface area contributed by atoms with Crippen molar-refractivity contribution in [2.75, 3.05) is 12.8 Å². The summed E-state index contributed by atoms with van der Waals surface area (Å²) in [6.07, 6.45) is 7.25. The van der Waals surface area contributed by atoms with Crippen LogP contribution in [0.25, 0.3) is 0 Å². The third-order valence-corrected chi connectivity index (χ3v) is 4.68. The zero-order valence-corrected chi connectivity index (χ0v) is 12.7. The molecule has 106 valence electrons. The van der Waals surface area contributed by atoms with Crippen molar-refractivity contribution in [3.05, 3.63) is 23.0 Å². The minimum atomic E-state index is 0.708. The van der Waals surface area contributed by atoms with Crippen LogP contribution in [0.3, 0.4) is 0 Å². The second-order valence-electron chi connectivity index (χ2n) is 6.26. The van der Waals surface area contributed by atoms with Crippen molar-refractivity contribution in [1.29, 1.82) is 0 Å². The molecule has 0 aliphatic heterocycles. The first-order valence-corrected chi connectivity index (χ1v) is 7.39. The quantitative estimate of drug-likeness (QED) is 0.908. The van der Waals surface area contributed by atoms with E-state index in [2.05, 4.69) is 30.8 Å². The van der Waals surface area contributed by atoms with Crippen LogP contribution < -0.4 is 5.73 Å². The lowest BCUT2D eigenvalue weighted by molar-refractivity contribution is 0.162. The first-order valence-electron chi connectivity index (χ1n) is 7.39. The summed E-state index contributed by atoms with van der Waals surface area (Å²) in [6, 6.07) is 0.708. The fraction of sp³-hybridized carbons (Fsp3) is 0.688. The van der Waals surface area contributed by atoms with Crippen molar-refractivity contribution in [1.82, 2.24) is 9.88 Å². The second-order valence-corrected chi connectivity index (χ2v) is 6.26. The fourth-order valence-electron chi connectivity index (χ4n) is 3.00. The van der Waals surface area contributed by atoms with Crippen LogP contribution in [0, 0.1) is 19.8 Å². The molecule has 0 bridgehead atoms. The minimum Gasteiger partial charge on any atom is -0.398 e. The van der Waals surface area contributed by atoms with Crippen LogP contribution in [0.2, 0.25) is 0 Å². The van der Waals surface area contributed by atoms with Gasteiger partial charge in [-0.1, -0.05) is 6.92 Å². The summed E-state index contributed by atoms with van der Waals surface area (Å²) in [5.41, 5.74) is 10.4. The lowest BCUT2D eigenvalue weighted by Gasteiger charge is -2.33. The molecule has 3 nitrogen and oxygen atoms in total. The number of hydrogen-bond donors (Lipinski definition) is 1. The Morgan fingerprint density at radius 2 is 1.89 bits per heavy atom. The van der Waals surface area contributed by atoms with Crippen LogP contribution in [-0.2, 0) is 6.54 Å². The molecule has 1 aromatic rings. The maximum atomic E-state index is 6.10. The molecule has 3 heteroatoms. The number of anilines is 1. The Kier molecular flexibility index (Phi) is 4.46. The molecule has 0 spiro atoms. The molecule has 0 radical (unpaired) electrons. The van der Waals surface area contributed by atoms with Gasteiger partial charge in [0.05, 0.1) is 5.69 Å². The Balaban J connectivity index is 2.03. The van der Waals surface area contributed by atoms with Gasteiger partial charge in [-0.05, 0) is 63.6 Å². The van der Waals surface area contributed by atoms with E-state index in [1.54, 1.807) is 0 Å². The zero-order valence-electron chi connectivity index (χ0n) is 12.7. The van der Waals surface area contributed by atoms with E-state index in [1.165, 1.54) is 25.7 Å². The van der Waals surface area contributed by atoms with Crippen molar-refractivity contribution in [2.45, 2.75) is 59.0 Å². The number of nitrogens with two attached hydrogens (primary N) is 1. The summed E-state index contributed by atoms with van der Waals surface area (Å²) in [4.78, 5) is 7.02. The van der Waals surface area contributed by atoms with E-state index < -0.39 is 0 Å². The van der Waals surface area contributed by atoms with Gasteiger partial charge in [0.2, 0.25) is 0 Å². The predicted octanol–water partition coefficient (Wildman–Crippen LogP) is 3.29. The molecule has 1 aliphatic carbocycles. The fourth-order valence-corrected chi connectivity index (χ4v) is 3.00. The molecule has 2 N–H and O–H groups in total. The topological polar surface area (TPSA) is 42.2 Å². The van der Waals surface area contributed by atoms with Gasteiger partial charge < -0.3 is 5.73 Å². The smallest absolute Gasteiger partial charge is 0.0593 e. The molecule has 1 fully saturated rings. The molecule has 0 saturated heterocycles. The lowest BCUT2D eigenvalue weighted by atomic mass is 9.86. The second kappa shape index (κ2) is 5.91. The third-order valence-electron chi connectivity index (χ3n) is 4.68. The molecule has 1 aliphatic rings. The van der Waals surface area contributed by atoms with Gasteiger partial charge in [-0.15, -0.1) is 0 Å². The van der Waals surface area contributed by atoms with Gasteiger partial charge in [0.15, 0.2) is 0 Å². The Labute approximate surface area is 117 Å². The Bertz CT molecular complexity index is 434. The molecule has 2 rings (SSSR count). The van der Waals surface area contributed by atoms with Gasteiger partial charge in [-0.2, -0.15) is 0 Å². The van der Waals surface area contributed by atoms with E-state index >= 15 is 0 Å². The van der Waals surface area contributed by atoms with E-state index in [-0.39, 0.29) is 0 Å². The van der Waals surface area contributed by atoms with Gasteiger partial charge in [0.1, 0.15) is 0 Å². The van der Waals surface area contributed by atoms with E-state index in [4.69, 9.17) is 5.73 Å². The molecule has 0 unspecified atom stereocenters. The molecule has 0 aromatic carbocycles. The largest absolute Gasteiger partial charge is 0.398 e. The zero-order chi connectivity index (χ0) is 14.0. The number of rotatable bonds is 3. The SMILES string of the molecule is Cc1cnc(CN(C)C2CCC(C)CC2)c(C)c1N. The number of nitrogens with zero attached hydrogens (tertiary/aromatic N) is 2. The van der Waals surface area contributed by atoms with Crippen LogP contribution in [-0.4, -0.2) is 23.0 Å². The third kappa shape index (κ3) is 3.27. The first-order chi connectivity index (χ1) is 8.99. The van der Waals surface area contributed by atoms with Gasteiger partial charge in [-0.3, -0.25) is 9.88 Å². The summed E-state index contributed by atoms with van der Waals surface area (Å²) in [5.74, 6) is 0.902. The highest BCUT2D eigenvalue weighted by Crippen LogP contribution is 2.28. The standard InChI is InChI=1S/C16H27N3/c1-11-5-7-14(8-6-11)19(4)10-15-13(3)16(17)12(2)9-18-15/h9,11,14H,5-8,10H2,1-4H3,(H2,17,18). The number of aryl methyl sites for hydroxylation is 1. The first kappa shape index (κ1) is 14.3. The van der Waals surface area contributed by atoms with Crippen LogP contribution in [0.5, 0.6) is 0 Å². The van der Waals surface area contributed by atoms with E-state index in [0.717, 1.165) is 35.0 Å². The highest BCUT2D eigenvalue weighted by atomic mass is 15.1. The van der Waals surface area contributed by atoms with E-state index in [0.29, 0.717) is 6.04 Å². The summed E-state index contributed by atoms with van der Waals surface area (Å²) in [7, 11) is 2.22. The molecule has 1 saturated carbocycles. The number of nitrogen functional groups attached to an aromatic ring is 1. The molecule has 19 heavy (non-hydrogen) atoms. The van der Waals surface area contributed by atoms with Crippen LogP contribution >= 0.6 is 0 Å². The average Bonchev–Trinajstić information content (AvgIpc) is 2.40. The summed E-state index contributed by atoms with van der Waals surface area (Å²) >= 11 is 0. The predicted molar refractivity (Wildman–Crippen MR) is 81.0 cm³/mol. The van der Waals surface area contributed by atoms with Gasteiger partial charge >= 0.3 is 0 Å². The van der Waals surface area contributed by atoms with Crippen molar-refractivity contribution in [2.24, 2.45) is 5.92 Å². The van der Waals surface area contributed by atoms with Gasteiger partial charge in [-0.25, -0.2) is 0 Å². The molecule has 1 aromatic heterocycles.